The van der Waals surface area contributed by atoms with Crippen molar-refractivity contribution in [3.05, 3.63) is 59.7 Å². The Morgan fingerprint density at radius 2 is 1.79 bits per heavy atom. The Kier molecular flexibility index (Phi) is 9.65. The van der Waals surface area contributed by atoms with Crippen LogP contribution >= 0.6 is 24.0 Å². The minimum Gasteiger partial charge on any atom is -0.493 e. The molecular formula is C25H33IN4O3. The molecule has 3 N–H and O–H groups in total. The predicted octanol–water partition coefficient (Wildman–Crippen LogP) is 3.62. The van der Waals surface area contributed by atoms with E-state index in [1.165, 1.54) is 12.8 Å². The molecule has 0 aromatic heterocycles. The van der Waals surface area contributed by atoms with Crippen LogP contribution in [0.25, 0.3) is 0 Å². The van der Waals surface area contributed by atoms with Gasteiger partial charge < -0.3 is 25.4 Å². The molecule has 0 unspecified atom stereocenters. The summed E-state index contributed by atoms with van der Waals surface area (Å²) < 4.78 is 11.6. The number of hydrogen-bond donors (Lipinski definition) is 3. The normalized spacial score (nSPS) is 15.2. The first kappa shape index (κ1) is 25.1. The minimum atomic E-state index is -0.0676. The van der Waals surface area contributed by atoms with Gasteiger partial charge in [0.15, 0.2) is 12.6 Å². The van der Waals surface area contributed by atoms with Gasteiger partial charge in [0, 0.05) is 31.7 Å². The molecule has 4 rings (SSSR count). The molecule has 2 aliphatic carbocycles. The van der Waals surface area contributed by atoms with Gasteiger partial charge in [0.05, 0.1) is 6.61 Å². The predicted molar refractivity (Wildman–Crippen MR) is 140 cm³/mol. The van der Waals surface area contributed by atoms with Crippen molar-refractivity contribution in [2.45, 2.75) is 44.8 Å². The van der Waals surface area contributed by atoms with Crippen LogP contribution in [0.3, 0.4) is 0 Å². The summed E-state index contributed by atoms with van der Waals surface area (Å²) in [5, 5.41) is 9.60. The standard InChI is InChI=1S/C25H32N4O3.HI/c1-26-25(28-15-20-6-2-3-8-23(20)32-16-18-9-10-18)27-14-19-5-4-7-22(13-19)31-17-24(30)29-21-11-12-21;/h2-8,13,18,21H,9-12,14-17H2,1H3,(H,29,30)(H2,26,27,28);1H. The fraction of sp³-hybridized carbons (Fsp3) is 0.440. The Morgan fingerprint density at radius 1 is 1.00 bits per heavy atom. The summed E-state index contributed by atoms with van der Waals surface area (Å²) in [6, 6.07) is 16.2. The van der Waals surface area contributed by atoms with Gasteiger partial charge in [-0.1, -0.05) is 30.3 Å². The molecule has 0 spiro atoms. The number of benzene rings is 2. The maximum absolute atomic E-state index is 11.8. The number of carbonyl (C=O) groups excluding carboxylic acids is 1. The molecule has 0 heterocycles. The van der Waals surface area contributed by atoms with Gasteiger partial charge in [-0.15, -0.1) is 24.0 Å². The van der Waals surface area contributed by atoms with Crippen LogP contribution in [0.5, 0.6) is 11.5 Å². The van der Waals surface area contributed by atoms with Crippen molar-refractivity contribution < 1.29 is 14.3 Å². The molecule has 2 aromatic rings. The Hall–Kier alpha value is -2.49. The van der Waals surface area contributed by atoms with Gasteiger partial charge in [0.1, 0.15) is 11.5 Å². The number of carbonyl (C=O) groups is 1. The van der Waals surface area contributed by atoms with Crippen LogP contribution in [-0.4, -0.2) is 38.2 Å². The Bertz CT molecular complexity index is 945. The molecule has 0 saturated heterocycles. The van der Waals surface area contributed by atoms with Gasteiger partial charge >= 0.3 is 0 Å². The van der Waals surface area contributed by atoms with Crippen LogP contribution in [-0.2, 0) is 17.9 Å². The lowest BCUT2D eigenvalue weighted by Crippen LogP contribution is -2.36. The summed E-state index contributed by atoms with van der Waals surface area (Å²) in [6.07, 6.45) is 4.69. The zero-order chi connectivity index (χ0) is 22.2. The first-order valence-corrected chi connectivity index (χ1v) is 11.4. The number of amides is 1. The Balaban J connectivity index is 0.00000306. The van der Waals surface area contributed by atoms with Crippen molar-refractivity contribution in [3.63, 3.8) is 0 Å². The molecule has 1 amide bonds. The van der Waals surface area contributed by atoms with E-state index in [9.17, 15) is 4.79 Å². The SMILES string of the molecule is CN=C(NCc1cccc(OCC(=O)NC2CC2)c1)NCc1ccccc1OCC1CC1.I. The number of aliphatic imine (C=N–C) groups is 1. The van der Waals surface area contributed by atoms with Crippen molar-refractivity contribution in [1.29, 1.82) is 0 Å². The number of para-hydroxylation sites is 1. The van der Waals surface area contributed by atoms with Crippen molar-refractivity contribution in [2.75, 3.05) is 20.3 Å². The number of nitrogens with one attached hydrogen (secondary N) is 3. The van der Waals surface area contributed by atoms with Gasteiger partial charge in [-0.2, -0.15) is 0 Å². The zero-order valence-electron chi connectivity index (χ0n) is 19.0. The second-order valence-electron chi connectivity index (χ2n) is 8.42. The maximum atomic E-state index is 11.8. The molecule has 0 atom stereocenters. The lowest BCUT2D eigenvalue weighted by atomic mass is 10.2. The highest BCUT2D eigenvalue weighted by molar-refractivity contribution is 14.0. The average Bonchev–Trinajstić information content (AvgIpc) is 3.74. The van der Waals surface area contributed by atoms with Crippen LogP contribution in [0.4, 0.5) is 0 Å². The number of rotatable bonds is 11. The molecule has 2 saturated carbocycles. The third-order valence-corrected chi connectivity index (χ3v) is 5.48. The largest absolute Gasteiger partial charge is 0.493 e. The number of halogens is 1. The first-order valence-electron chi connectivity index (χ1n) is 11.4. The fourth-order valence-corrected chi connectivity index (χ4v) is 3.26. The monoisotopic (exact) mass is 564 g/mol. The highest BCUT2D eigenvalue weighted by Gasteiger charge is 2.23. The molecular weight excluding hydrogens is 531 g/mol. The van der Waals surface area contributed by atoms with Crippen molar-refractivity contribution >= 4 is 35.8 Å². The lowest BCUT2D eigenvalue weighted by molar-refractivity contribution is -0.123. The summed E-state index contributed by atoms with van der Waals surface area (Å²) in [7, 11) is 1.75. The molecule has 8 heteroatoms. The van der Waals surface area contributed by atoms with Gasteiger partial charge in [0.25, 0.3) is 5.91 Å². The number of nitrogens with zero attached hydrogens (tertiary/aromatic N) is 1. The van der Waals surface area contributed by atoms with Crippen molar-refractivity contribution in [1.82, 2.24) is 16.0 Å². The highest BCUT2D eigenvalue weighted by atomic mass is 127. The smallest absolute Gasteiger partial charge is 0.258 e. The van der Waals surface area contributed by atoms with E-state index in [0.717, 1.165) is 42.2 Å². The molecule has 0 radical (unpaired) electrons. The van der Waals surface area contributed by atoms with E-state index >= 15 is 0 Å². The average molecular weight is 564 g/mol. The summed E-state index contributed by atoms with van der Waals surface area (Å²) in [6.45, 7) is 2.05. The Labute approximate surface area is 212 Å². The van der Waals surface area contributed by atoms with E-state index in [4.69, 9.17) is 9.47 Å². The van der Waals surface area contributed by atoms with Gasteiger partial charge in [0.2, 0.25) is 0 Å². The quantitative estimate of drug-likeness (QED) is 0.221. The zero-order valence-corrected chi connectivity index (χ0v) is 21.3. The third-order valence-electron chi connectivity index (χ3n) is 5.48. The summed E-state index contributed by atoms with van der Waals surface area (Å²) in [5.41, 5.74) is 2.15. The van der Waals surface area contributed by atoms with E-state index in [2.05, 4.69) is 27.0 Å². The summed E-state index contributed by atoms with van der Waals surface area (Å²) >= 11 is 0. The van der Waals surface area contributed by atoms with Crippen molar-refractivity contribution in [2.24, 2.45) is 10.9 Å². The van der Waals surface area contributed by atoms with Crippen LogP contribution in [0.2, 0.25) is 0 Å². The summed E-state index contributed by atoms with van der Waals surface area (Å²) in [5.74, 6) is 2.97. The van der Waals surface area contributed by atoms with Crippen LogP contribution in [0.15, 0.2) is 53.5 Å². The van der Waals surface area contributed by atoms with E-state index in [0.29, 0.717) is 30.8 Å². The van der Waals surface area contributed by atoms with Gasteiger partial charge in [-0.25, -0.2) is 0 Å². The van der Waals surface area contributed by atoms with E-state index in [-0.39, 0.29) is 36.5 Å². The lowest BCUT2D eigenvalue weighted by Gasteiger charge is -2.15. The molecule has 2 aliphatic rings. The molecule has 178 valence electrons. The minimum absolute atomic E-state index is 0. The fourth-order valence-electron chi connectivity index (χ4n) is 3.26. The van der Waals surface area contributed by atoms with Gasteiger partial charge in [-0.3, -0.25) is 9.79 Å². The van der Waals surface area contributed by atoms with Crippen molar-refractivity contribution in [3.8, 4) is 11.5 Å². The number of guanidine groups is 1. The topological polar surface area (TPSA) is 84.0 Å². The van der Waals surface area contributed by atoms with E-state index in [1.54, 1.807) is 7.05 Å². The number of ether oxygens (including phenoxy) is 2. The number of hydrogen-bond acceptors (Lipinski definition) is 4. The molecule has 0 bridgehead atoms. The molecule has 7 nitrogen and oxygen atoms in total. The Morgan fingerprint density at radius 3 is 2.55 bits per heavy atom. The second-order valence-corrected chi connectivity index (χ2v) is 8.42. The molecule has 2 fully saturated rings. The van der Waals surface area contributed by atoms with Gasteiger partial charge in [-0.05, 0) is 55.4 Å². The molecule has 33 heavy (non-hydrogen) atoms. The summed E-state index contributed by atoms with van der Waals surface area (Å²) in [4.78, 5) is 16.1. The second kappa shape index (κ2) is 12.7. The van der Waals surface area contributed by atoms with Crippen LogP contribution < -0.4 is 25.4 Å². The van der Waals surface area contributed by atoms with E-state index in [1.807, 2.05) is 42.5 Å². The van der Waals surface area contributed by atoms with E-state index < -0.39 is 0 Å². The maximum Gasteiger partial charge on any atom is 0.258 e. The molecule has 2 aromatic carbocycles. The third kappa shape index (κ3) is 8.75. The highest BCUT2D eigenvalue weighted by Crippen LogP contribution is 2.30. The molecule has 0 aliphatic heterocycles. The van der Waals surface area contributed by atoms with Crippen LogP contribution in [0, 0.1) is 5.92 Å². The first-order chi connectivity index (χ1) is 15.7. The van der Waals surface area contributed by atoms with Crippen LogP contribution in [0.1, 0.15) is 36.8 Å².